The fourth-order valence-corrected chi connectivity index (χ4v) is 1.97. The fraction of sp³-hybridized carbons (Fsp3) is 0.417. The molecule has 2 rings (SSSR count). The lowest BCUT2D eigenvalue weighted by atomic mass is 10.2. The number of alkyl halides is 3. The van der Waals surface area contributed by atoms with Crippen molar-refractivity contribution in [3.8, 4) is 0 Å². The van der Waals surface area contributed by atoms with Crippen LogP contribution in [0, 0.1) is 0 Å². The number of benzene rings is 1. The molecule has 2 aromatic rings. The number of aryl methyl sites for hydroxylation is 1. The van der Waals surface area contributed by atoms with Gasteiger partial charge in [0.05, 0.1) is 11.0 Å². The van der Waals surface area contributed by atoms with Crippen LogP contribution in [0.4, 0.5) is 13.2 Å². The Morgan fingerprint density at radius 2 is 2.06 bits per heavy atom. The zero-order valence-corrected chi connectivity index (χ0v) is 9.96. The summed E-state index contributed by atoms with van der Waals surface area (Å²) in [5.41, 5.74) is 7.10. The predicted octanol–water partition coefficient (Wildman–Crippen LogP) is 2.92. The molecule has 0 spiro atoms. The van der Waals surface area contributed by atoms with E-state index in [4.69, 9.17) is 5.73 Å². The Labute approximate surface area is 102 Å². The van der Waals surface area contributed by atoms with Crippen molar-refractivity contribution in [2.24, 2.45) is 5.73 Å². The van der Waals surface area contributed by atoms with Crippen LogP contribution in [0.2, 0.25) is 0 Å². The molecule has 0 aliphatic heterocycles. The zero-order valence-electron chi connectivity index (χ0n) is 9.96. The summed E-state index contributed by atoms with van der Waals surface area (Å²) in [6, 6.07) is 4.99. The molecule has 18 heavy (non-hydrogen) atoms. The Morgan fingerprint density at radius 3 is 2.61 bits per heavy atom. The van der Waals surface area contributed by atoms with Crippen molar-refractivity contribution in [2.75, 3.05) is 0 Å². The molecular weight excluding hydrogens is 243 g/mol. The molecule has 0 atom stereocenters. The van der Waals surface area contributed by atoms with Gasteiger partial charge < -0.3 is 10.3 Å². The van der Waals surface area contributed by atoms with E-state index >= 15 is 0 Å². The Kier molecular flexibility index (Phi) is 3.30. The summed E-state index contributed by atoms with van der Waals surface area (Å²) in [5.74, 6) is -0.839. The van der Waals surface area contributed by atoms with Crippen molar-refractivity contribution in [3.05, 3.63) is 29.6 Å². The minimum absolute atomic E-state index is 0.290. The Bertz CT molecular complexity index is 557. The van der Waals surface area contributed by atoms with Gasteiger partial charge in [-0.3, -0.25) is 0 Å². The van der Waals surface area contributed by atoms with Gasteiger partial charge in [-0.25, -0.2) is 4.98 Å². The highest BCUT2D eigenvalue weighted by Crippen LogP contribution is 2.31. The summed E-state index contributed by atoms with van der Waals surface area (Å²) in [6.45, 7) is 2.42. The van der Waals surface area contributed by atoms with Gasteiger partial charge in [-0.1, -0.05) is 13.0 Å². The number of hydrogen-bond acceptors (Lipinski definition) is 2. The molecule has 1 aromatic heterocycles. The second-order valence-corrected chi connectivity index (χ2v) is 4.11. The summed E-state index contributed by atoms with van der Waals surface area (Å²) in [5, 5.41) is 0. The molecule has 0 fully saturated rings. The molecule has 1 aromatic carbocycles. The first-order chi connectivity index (χ1) is 8.47. The highest BCUT2D eigenvalue weighted by molar-refractivity contribution is 5.77. The van der Waals surface area contributed by atoms with E-state index in [1.807, 2.05) is 6.92 Å². The Balaban J connectivity index is 2.66. The van der Waals surface area contributed by atoms with Crippen LogP contribution >= 0.6 is 0 Å². The smallest absolute Gasteiger partial charge is 0.326 e. The Hall–Kier alpha value is -1.56. The van der Waals surface area contributed by atoms with Crippen LogP contribution in [-0.2, 0) is 19.3 Å². The highest BCUT2D eigenvalue weighted by Gasteiger charge is 2.37. The number of halogens is 3. The van der Waals surface area contributed by atoms with Gasteiger partial charge >= 0.3 is 6.18 Å². The monoisotopic (exact) mass is 257 g/mol. The van der Waals surface area contributed by atoms with Gasteiger partial charge in [0.1, 0.15) is 0 Å². The maximum Gasteiger partial charge on any atom is 0.449 e. The molecule has 0 aliphatic carbocycles. The van der Waals surface area contributed by atoms with E-state index in [9.17, 15) is 13.2 Å². The van der Waals surface area contributed by atoms with Gasteiger partial charge in [0.15, 0.2) is 0 Å². The third kappa shape index (κ3) is 2.20. The van der Waals surface area contributed by atoms with Crippen molar-refractivity contribution < 1.29 is 13.2 Å². The topological polar surface area (TPSA) is 43.8 Å². The first-order valence-corrected chi connectivity index (χ1v) is 5.73. The number of imidazole rings is 1. The first-order valence-electron chi connectivity index (χ1n) is 5.73. The maximum absolute atomic E-state index is 12.9. The SMILES string of the molecule is CCCn1c(C(F)(F)F)nc2cc(CN)ccc21. The third-order valence-corrected chi connectivity index (χ3v) is 2.75. The highest BCUT2D eigenvalue weighted by atomic mass is 19.4. The molecule has 0 saturated heterocycles. The van der Waals surface area contributed by atoms with Gasteiger partial charge in [-0.15, -0.1) is 0 Å². The summed E-state index contributed by atoms with van der Waals surface area (Å²) >= 11 is 0. The van der Waals surface area contributed by atoms with E-state index in [1.165, 1.54) is 4.57 Å². The van der Waals surface area contributed by atoms with Crippen molar-refractivity contribution >= 4 is 11.0 Å². The second kappa shape index (κ2) is 4.61. The Morgan fingerprint density at radius 1 is 1.33 bits per heavy atom. The fourth-order valence-electron chi connectivity index (χ4n) is 1.97. The lowest BCUT2D eigenvalue weighted by Gasteiger charge is -2.09. The predicted molar refractivity (Wildman–Crippen MR) is 62.9 cm³/mol. The largest absolute Gasteiger partial charge is 0.449 e. The molecule has 0 aliphatic rings. The van der Waals surface area contributed by atoms with Crippen LogP contribution in [0.1, 0.15) is 24.7 Å². The molecule has 6 heteroatoms. The van der Waals surface area contributed by atoms with E-state index in [0.29, 0.717) is 24.0 Å². The van der Waals surface area contributed by atoms with Crippen LogP contribution in [0.5, 0.6) is 0 Å². The van der Waals surface area contributed by atoms with E-state index < -0.39 is 12.0 Å². The average Bonchev–Trinajstić information content (AvgIpc) is 2.67. The van der Waals surface area contributed by atoms with Crippen LogP contribution in [0.3, 0.4) is 0 Å². The summed E-state index contributed by atoms with van der Waals surface area (Å²) in [6.07, 6.45) is -3.82. The molecule has 0 bridgehead atoms. The minimum Gasteiger partial charge on any atom is -0.326 e. The quantitative estimate of drug-likeness (QED) is 0.918. The summed E-state index contributed by atoms with van der Waals surface area (Å²) < 4.78 is 39.9. The molecule has 3 nitrogen and oxygen atoms in total. The standard InChI is InChI=1S/C12H14F3N3/c1-2-5-18-10-4-3-8(7-16)6-9(10)17-11(18)12(13,14)15/h3-4,6H,2,5,7,16H2,1H3. The van der Waals surface area contributed by atoms with Gasteiger partial charge in [0, 0.05) is 13.1 Å². The number of rotatable bonds is 3. The summed E-state index contributed by atoms with van der Waals surface area (Å²) in [4.78, 5) is 3.69. The number of nitrogens with two attached hydrogens (primary N) is 1. The van der Waals surface area contributed by atoms with E-state index in [2.05, 4.69) is 4.98 Å². The van der Waals surface area contributed by atoms with Crippen LogP contribution < -0.4 is 5.73 Å². The number of aromatic nitrogens is 2. The normalized spacial score (nSPS) is 12.3. The molecule has 1 heterocycles. The van der Waals surface area contributed by atoms with E-state index in [1.54, 1.807) is 18.2 Å². The molecule has 2 N–H and O–H groups in total. The van der Waals surface area contributed by atoms with Crippen LogP contribution in [0.15, 0.2) is 18.2 Å². The number of nitrogens with zero attached hydrogens (tertiary/aromatic N) is 2. The lowest BCUT2D eigenvalue weighted by molar-refractivity contribution is -0.146. The van der Waals surface area contributed by atoms with Crippen molar-refractivity contribution in [2.45, 2.75) is 32.6 Å². The molecule has 98 valence electrons. The summed E-state index contributed by atoms with van der Waals surface area (Å²) in [7, 11) is 0. The van der Waals surface area contributed by atoms with Crippen molar-refractivity contribution in [3.63, 3.8) is 0 Å². The van der Waals surface area contributed by atoms with Gasteiger partial charge in [0.25, 0.3) is 0 Å². The van der Waals surface area contributed by atoms with Gasteiger partial charge in [0.2, 0.25) is 5.82 Å². The van der Waals surface area contributed by atoms with Crippen molar-refractivity contribution in [1.29, 1.82) is 0 Å². The molecular formula is C12H14F3N3. The molecule has 0 saturated carbocycles. The van der Waals surface area contributed by atoms with Crippen molar-refractivity contribution in [1.82, 2.24) is 9.55 Å². The van der Waals surface area contributed by atoms with E-state index in [0.717, 1.165) is 5.56 Å². The second-order valence-electron chi connectivity index (χ2n) is 4.11. The lowest BCUT2D eigenvalue weighted by Crippen LogP contribution is -2.14. The first kappa shape index (κ1) is 12.9. The maximum atomic E-state index is 12.9. The number of fused-ring (bicyclic) bond motifs is 1. The molecule has 0 unspecified atom stereocenters. The minimum atomic E-state index is -4.43. The third-order valence-electron chi connectivity index (χ3n) is 2.75. The van der Waals surface area contributed by atoms with Crippen LogP contribution in [-0.4, -0.2) is 9.55 Å². The zero-order chi connectivity index (χ0) is 13.3. The molecule has 0 amide bonds. The van der Waals surface area contributed by atoms with Crippen LogP contribution in [0.25, 0.3) is 11.0 Å². The molecule has 0 radical (unpaired) electrons. The van der Waals surface area contributed by atoms with Gasteiger partial charge in [-0.05, 0) is 24.1 Å². The van der Waals surface area contributed by atoms with Gasteiger partial charge in [-0.2, -0.15) is 13.2 Å². The average molecular weight is 257 g/mol. The van der Waals surface area contributed by atoms with E-state index in [-0.39, 0.29) is 6.54 Å². The number of hydrogen-bond donors (Lipinski definition) is 1.